The summed E-state index contributed by atoms with van der Waals surface area (Å²) in [6.45, 7) is 3.08. The summed E-state index contributed by atoms with van der Waals surface area (Å²) in [4.78, 5) is 0. The van der Waals surface area contributed by atoms with Gasteiger partial charge in [0.15, 0.2) is 0 Å². The molecule has 0 aliphatic heterocycles. The van der Waals surface area contributed by atoms with Crippen LogP contribution in [-0.2, 0) is 6.18 Å². The van der Waals surface area contributed by atoms with Crippen LogP contribution in [0.15, 0.2) is 23.4 Å². The van der Waals surface area contributed by atoms with Crippen molar-refractivity contribution in [3.8, 4) is 5.69 Å². The Hall–Kier alpha value is -2.09. The number of benzene rings is 1. The van der Waals surface area contributed by atoms with Crippen molar-refractivity contribution >= 4 is 17.3 Å². The highest BCUT2D eigenvalue weighted by Crippen LogP contribution is 2.33. The molecular formula is C12H10ClF3N4O. The summed E-state index contributed by atoms with van der Waals surface area (Å²) < 4.78 is 39.5. The zero-order valence-corrected chi connectivity index (χ0v) is 11.7. The van der Waals surface area contributed by atoms with E-state index in [-0.39, 0.29) is 22.1 Å². The van der Waals surface area contributed by atoms with Crippen LogP contribution in [0.3, 0.4) is 0 Å². The van der Waals surface area contributed by atoms with Gasteiger partial charge in [-0.15, -0.1) is 5.10 Å². The van der Waals surface area contributed by atoms with Crippen molar-refractivity contribution in [2.45, 2.75) is 20.0 Å². The highest BCUT2D eigenvalue weighted by atomic mass is 35.5. The number of rotatable bonds is 2. The van der Waals surface area contributed by atoms with E-state index in [1.54, 1.807) is 6.92 Å². The molecule has 21 heavy (non-hydrogen) atoms. The summed E-state index contributed by atoms with van der Waals surface area (Å²) in [6, 6.07) is 2.92. The van der Waals surface area contributed by atoms with Crippen molar-refractivity contribution in [1.29, 1.82) is 0 Å². The molecule has 0 aliphatic rings. The molecular weight excluding hydrogens is 309 g/mol. The molecule has 2 aromatic rings. The molecule has 2 rings (SSSR count). The third-order valence-corrected chi connectivity index (χ3v) is 3.21. The molecule has 9 heteroatoms. The molecule has 1 aromatic heterocycles. The minimum absolute atomic E-state index is 0.0495. The fraction of sp³-hybridized carbons (Fsp3) is 0.250. The summed E-state index contributed by atoms with van der Waals surface area (Å²) in [7, 11) is 0. The van der Waals surface area contributed by atoms with Gasteiger partial charge in [0.25, 0.3) is 0 Å². The second-order valence-corrected chi connectivity index (χ2v) is 4.69. The summed E-state index contributed by atoms with van der Waals surface area (Å²) in [5, 5.41) is 19.4. The van der Waals surface area contributed by atoms with Crippen molar-refractivity contribution in [1.82, 2.24) is 15.0 Å². The van der Waals surface area contributed by atoms with E-state index in [2.05, 4.69) is 15.5 Å². The summed E-state index contributed by atoms with van der Waals surface area (Å²) in [6.07, 6.45) is -4.49. The highest BCUT2D eigenvalue weighted by Gasteiger charge is 2.31. The smallest absolute Gasteiger partial charge is 0.411 e. The van der Waals surface area contributed by atoms with E-state index in [9.17, 15) is 13.2 Å². The summed E-state index contributed by atoms with van der Waals surface area (Å²) in [5.41, 5.74) is 0.0822. The zero-order chi connectivity index (χ0) is 15.8. The lowest BCUT2D eigenvalue weighted by molar-refractivity contribution is -0.137. The van der Waals surface area contributed by atoms with E-state index in [1.807, 2.05) is 0 Å². The Morgan fingerprint density at radius 3 is 2.62 bits per heavy atom. The SMILES string of the molecule is CC(=NO)c1nnn(-c2cc(C(F)(F)F)ccc2Cl)c1C. The van der Waals surface area contributed by atoms with Crippen LogP contribution in [0.5, 0.6) is 0 Å². The molecule has 0 radical (unpaired) electrons. The van der Waals surface area contributed by atoms with E-state index >= 15 is 0 Å². The maximum atomic E-state index is 12.8. The molecule has 1 aromatic carbocycles. The van der Waals surface area contributed by atoms with Crippen LogP contribution in [0.2, 0.25) is 5.02 Å². The molecule has 0 atom stereocenters. The lowest BCUT2D eigenvalue weighted by Gasteiger charge is -2.11. The number of hydrogen-bond acceptors (Lipinski definition) is 4. The monoisotopic (exact) mass is 318 g/mol. The van der Waals surface area contributed by atoms with Crippen LogP contribution in [0, 0.1) is 6.92 Å². The van der Waals surface area contributed by atoms with Gasteiger partial charge >= 0.3 is 6.18 Å². The topological polar surface area (TPSA) is 63.3 Å². The van der Waals surface area contributed by atoms with Gasteiger partial charge < -0.3 is 5.21 Å². The van der Waals surface area contributed by atoms with Crippen LogP contribution in [0.4, 0.5) is 13.2 Å². The van der Waals surface area contributed by atoms with E-state index in [4.69, 9.17) is 16.8 Å². The standard InChI is InChI=1S/C12H10ClF3N4O/c1-6(18-21)11-7(2)20(19-17-11)10-5-8(12(14,15)16)3-4-9(10)13/h3-5,21H,1-2H3. The number of alkyl halides is 3. The van der Waals surface area contributed by atoms with Gasteiger partial charge in [-0.3, -0.25) is 0 Å². The number of nitrogens with zero attached hydrogens (tertiary/aromatic N) is 4. The third kappa shape index (κ3) is 2.85. The maximum absolute atomic E-state index is 12.8. The maximum Gasteiger partial charge on any atom is 0.416 e. The lowest BCUT2D eigenvalue weighted by Crippen LogP contribution is -2.08. The van der Waals surface area contributed by atoms with Crippen LogP contribution < -0.4 is 0 Å². The van der Waals surface area contributed by atoms with Gasteiger partial charge in [0.1, 0.15) is 11.4 Å². The minimum atomic E-state index is -4.49. The van der Waals surface area contributed by atoms with Crippen LogP contribution in [0.1, 0.15) is 23.9 Å². The quantitative estimate of drug-likeness (QED) is 0.524. The Balaban J connectivity index is 2.60. The predicted octanol–water partition coefficient (Wildman–Crippen LogP) is 3.45. The molecule has 112 valence electrons. The van der Waals surface area contributed by atoms with Crippen LogP contribution >= 0.6 is 11.6 Å². The van der Waals surface area contributed by atoms with Crippen molar-refractivity contribution in [3.05, 3.63) is 40.2 Å². The predicted molar refractivity (Wildman–Crippen MR) is 70.1 cm³/mol. The molecule has 0 saturated carbocycles. The second kappa shape index (κ2) is 5.36. The van der Waals surface area contributed by atoms with Gasteiger partial charge in [0, 0.05) is 0 Å². The lowest BCUT2D eigenvalue weighted by atomic mass is 10.2. The third-order valence-electron chi connectivity index (χ3n) is 2.89. The zero-order valence-electron chi connectivity index (χ0n) is 11.0. The average Bonchev–Trinajstić information content (AvgIpc) is 2.79. The van der Waals surface area contributed by atoms with Crippen molar-refractivity contribution < 1.29 is 18.4 Å². The molecule has 0 unspecified atom stereocenters. The molecule has 1 heterocycles. The molecule has 0 spiro atoms. The Morgan fingerprint density at radius 2 is 2.05 bits per heavy atom. The molecule has 5 nitrogen and oxygen atoms in total. The molecule has 0 saturated heterocycles. The van der Waals surface area contributed by atoms with Gasteiger partial charge in [-0.05, 0) is 32.0 Å². The summed E-state index contributed by atoms with van der Waals surface area (Å²) in [5.74, 6) is 0. The largest absolute Gasteiger partial charge is 0.416 e. The van der Waals surface area contributed by atoms with Gasteiger partial charge in [-0.25, -0.2) is 4.68 Å². The van der Waals surface area contributed by atoms with Crippen molar-refractivity contribution in [2.75, 3.05) is 0 Å². The first-order valence-corrected chi connectivity index (χ1v) is 6.12. The fourth-order valence-corrected chi connectivity index (χ4v) is 1.99. The van der Waals surface area contributed by atoms with Gasteiger partial charge in [-0.1, -0.05) is 22.0 Å². The van der Waals surface area contributed by atoms with E-state index in [0.717, 1.165) is 18.2 Å². The molecule has 0 fully saturated rings. The van der Waals surface area contributed by atoms with Gasteiger partial charge in [-0.2, -0.15) is 13.2 Å². The first kappa shape index (κ1) is 15.3. The van der Waals surface area contributed by atoms with E-state index in [0.29, 0.717) is 5.69 Å². The second-order valence-electron chi connectivity index (χ2n) is 4.28. The molecule has 0 bridgehead atoms. The van der Waals surface area contributed by atoms with Crippen molar-refractivity contribution in [2.24, 2.45) is 5.16 Å². The normalized spacial score (nSPS) is 12.8. The average molecular weight is 319 g/mol. The van der Waals surface area contributed by atoms with Crippen molar-refractivity contribution in [3.63, 3.8) is 0 Å². The first-order valence-electron chi connectivity index (χ1n) is 5.74. The Morgan fingerprint density at radius 1 is 1.38 bits per heavy atom. The van der Waals surface area contributed by atoms with Gasteiger partial charge in [0.2, 0.25) is 0 Å². The van der Waals surface area contributed by atoms with Gasteiger partial charge in [0.05, 0.1) is 22.0 Å². The van der Waals surface area contributed by atoms with E-state index in [1.165, 1.54) is 11.6 Å². The number of hydrogen-bond donors (Lipinski definition) is 1. The number of halogens is 4. The van der Waals surface area contributed by atoms with Crippen LogP contribution in [-0.4, -0.2) is 25.9 Å². The van der Waals surface area contributed by atoms with Crippen LogP contribution in [0.25, 0.3) is 5.69 Å². The van der Waals surface area contributed by atoms with E-state index < -0.39 is 11.7 Å². The Labute approximate surface area is 122 Å². The number of aromatic nitrogens is 3. The fourth-order valence-electron chi connectivity index (χ4n) is 1.79. The Kier molecular flexibility index (Phi) is 3.91. The Bertz CT molecular complexity index is 709. The number of oxime groups is 1. The summed E-state index contributed by atoms with van der Waals surface area (Å²) >= 11 is 5.94. The first-order chi connectivity index (χ1) is 9.75. The minimum Gasteiger partial charge on any atom is -0.411 e. The highest BCUT2D eigenvalue weighted by molar-refractivity contribution is 6.32. The molecule has 0 amide bonds. The molecule has 1 N–H and O–H groups in total. The molecule has 0 aliphatic carbocycles.